The van der Waals surface area contributed by atoms with Crippen LogP contribution in [0.2, 0.25) is 5.02 Å². The number of ether oxygens (including phenoxy) is 1. The van der Waals surface area contributed by atoms with Gasteiger partial charge in [-0.05, 0) is 65.4 Å². The Bertz CT molecular complexity index is 1360. The number of sulfonamides is 1. The van der Waals surface area contributed by atoms with Crippen molar-refractivity contribution in [2.75, 3.05) is 6.54 Å². The number of carbonyl (C=O) groups excluding carboxylic acids is 4. The van der Waals surface area contributed by atoms with Crippen molar-refractivity contribution in [1.82, 2.24) is 25.2 Å². The fraction of sp³-hybridized carbons (Fsp3) is 0.607. The van der Waals surface area contributed by atoms with E-state index in [1.165, 1.54) is 17.2 Å². The first-order valence-corrected chi connectivity index (χ1v) is 16.0. The minimum atomic E-state index is -4.38. The van der Waals surface area contributed by atoms with E-state index in [9.17, 15) is 27.6 Å². The van der Waals surface area contributed by atoms with Crippen molar-refractivity contribution in [1.29, 1.82) is 0 Å². The van der Waals surface area contributed by atoms with Crippen LogP contribution in [0.4, 0.5) is 4.79 Å². The summed E-state index contributed by atoms with van der Waals surface area (Å²) >= 11 is 6.04. The van der Waals surface area contributed by atoms with E-state index in [4.69, 9.17) is 16.3 Å². The quantitative estimate of drug-likeness (QED) is 0.431. The van der Waals surface area contributed by atoms with Gasteiger partial charge in [0.2, 0.25) is 11.8 Å². The highest BCUT2D eigenvalue weighted by atomic mass is 35.5. The van der Waals surface area contributed by atoms with Crippen LogP contribution in [0.5, 0.6) is 0 Å². The largest absolute Gasteiger partial charge is 0.444 e. The van der Waals surface area contributed by atoms with E-state index in [2.05, 4.69) is 20.3 Å². The van der Waals surface area contributed by atoms with Crippen LogP contribution in [0.15, 0.2) is 35.5 Å². The Labute approximate surface area is 251 Å². The third-order valence-corrected chi connectivity index (χ3v) is 9.38. The first-order chi connectivity index (χ1) is 19.7. The molecule has 3 N–H and O–H groups in total. The molecular formula is C28H38ClN5O7S. The molecule has 2 aliphatic heterocycles. The number of amides is 4. The standard InChI is InChI=1S/C28H38ClN5O7S/c1-27(2,3)41-26(38)31-20-11-8-6-4-5-7-10-18-16-28(18,32-23(35)21-12-9-15-34(21)24(20)36)25(37)33-42(39,40)22-17-30-14-13-19(22)29/h7,10,13-14,17-18,20-21H,4-6,8-9,11-12,15-16H2,1-3H3,(H,31,38)(H,32,35)(H,33,37)/t18-,20+,21?,28-/m1/s1. The normalized spacial score (nSPS) is 27.0. The molecule has 1 aliphatic carbocycles. The number of alkyl carbamates (subject to hydrolysis) is 1. The molecular weight excluding hydrogens is 586 g/mol. The second kappa shape index (κ2) is 12.6. The minimum absolute atomic E-state index is 0.101. The van der Waals surface area contributed by atoms with Crippen LogP contribution >= 0.6 is 11.6 Å². The maximum absolute atomic E-state index is 13.7. The first-order valence-electron chi connectivity index (χ1n) is 14.2. The molecule has 3 heterocycles. The number of allylic oxidation sites excluding steroid dienone is 1. The lowest BCUT2D eigenvalue weighted by Crippen LogP contribution is -2.58. The first kappa shape index (κ1) is 31.7. The smallest absolute Gasteiger partial charge is 0.408 e. The van der Waals surface area contributed by atoms with Gasteiger partial charge in [-0.2, -0.15) is 0 Å². The zero-order valence-electron chi connectivity index (χ0n) is 24.0. The van der Waals surface area contributed by atoms with Crippen molar-refractivity contribution in [3.63, 3.8) is 0 Å². The number of halogens is 1. The van der Waals surface area contributed by atoms with Crippen LogP contribution in [-0.2, 0) is 29.1 Å². The van der Waals surface area contributed by atoms with Gasteiger partial charge in [-0.1, -0.05) is 36.6 Å². The lowest BCUT2D eigenvalue weighted by Gasteiger charge is -2.30. The molecule has 4 atom stereocenters. The Morgan fingerprint density at radius 1 is 1.17 bits per heavy atom. The number of hydrogen-bond acceptors (Lipinski definition) is 8. The SMILES string of the molecule is CC(C)(C)OC(=O)N[C@H]1CCCCCC=C[C@@H]2C[C@@]2(C(=O)NS(=O)(=O)c2cnccc2Cl)NC(=O)C2CCCN2C1=O. The maximum Gasteiger partial charge on any atom is 0.408 e. The molecule has 230 valence electrons. The Kier molecular flexibility index (Phi) is 9.51. The lowest BCUT2D eigenvalue weighted by atomic mass is 10.0. The maximum atomic E-state index is 13.7. The number of nitrogens with one attached hydrogen (secondary N) is 3. The van der Waals surface area contributed by atoms with E-state index in [0.29, 0.717) is 38.6 Å². The highest BCUT2D eigenvalue weighted by molar-refractivity contribution is 7.90. The fourth-order valence-electron chi connectivity index (χ4n) is 5.37. The summed E-state index contributed by atoms with van der Waals surface area (Å²) in [4.78, 5) is 58.2. The average Bonchev–Trinajstić information content (AvgIpc) is 3.35. The molecule has 14 heteroatoms. The molecule has 12 nitrogen and oxygen atoms in total. The topological polar surface area (TPSA) is 164 Å². The second-order valence-corrected chi connectivity index (χ2v) is 14.0. The summed E-state index contributed by atoms with van der Waals surface area (Å²) in [6.45, 7) is 5.49. The summed E-state index contributed by atoms with van der Waals surface area (Å²) in [6, 6.07) is -0.469. The third-order valence-electron chi connectivity index (χ3n) is 7.58. The van der Waals surface area contributed by atoms with Gasteiger partial charge in [0.25, 0.3) is 15.9 Å². The molecule has 0 radical (unpaired) electrons. The van der Waals surface area contributed by atoms with E-state index in [1.807, 2.05) is 12.2 Å². The van der Waals surface area contributed by atoms with Crippen LogP contribution in [0, 0.1) is 5.92 Å². The van der Waals surface area contributed by atoms with Gasteiger partial charge in [-0.3, -0.25) is 19.4 Å². The van der Waals surface area contributed by atoms with Crippen molar-refractivity contribution in [3.05, 3.63) is 35.6 Å². The number of aromatic nitrogens is 1. The number of rotatable bonds is 4. The number of hydrogen-bond donors (Lipinski definition) is 3. The summed E-state index contributed by atoms with van der Waals surface area (Å²) in [5.74, 6) is -2.28. The molecule has 1 aromatic rings. The van der Waals surface area contributed by atoms with Crippen LogP contribution in [-0.4, -0.2) is 71.9 Å². The fourth-order valence-corrected chi connectivity index (χ4v) is 6.84. The molecule has 1 aromatic heterocycles. The van der Waals surface area contributed by atoms with Crippen LogP contribution in [0.3, 0.4) is 0 Å². The molecule has 4 rings (SSSR count). The molecule has 0 spiro atoms. The number of fused-ring (bicyclic) bond motifs is 2. The Hall–Kier alpha value is -3.19. The van der Waals surface area contributed by atoms with Gasteiger partial charge >= 0.3 is 6.09 Å². The van der Waals surface area contributed by atoms with Gasteiger partial charge in [0.05, 0.1) is 5.02 Å². The Morgan fingerprint density at radius 3 is 2.64 bits per heavy atom. The number of nitrogens with zero attached hydrogens (tertiary/aromatic N) is 2. The van der Waals surface area contributed by atoms with E-state index >= 15 is 0 Å². The van der Waals surface area contributed by atoms with Crippen LogP contribution in [0.25, 0.3) is 0 Å². The van der Waals surface area contributed by atoms with Gasteiger partial charge in [0, 0.05) is 24.9 Å². The third kappa shape index (κ3) is 7.41. The Morgan fingerprint density at radius 2 is 1.93 bits per heavy atom. The van der Waals surface area contributed by atoms with E-state index in [1.54, 1.807) is 20.8 Å². The van der Waals surface area contributed by atoms with Gasteiger partial charge in [0.1, 0.15) is 28.1 Å². The van der Waals surface area contributed by atoms with Crippen molar-refractivity contribution in [2.24, 2.45) is 5.92 Å². The zero-order chi connectivity index (χ0) is 30.7. The molecule has 1 saturated heterocycles. The molecule has 3 aliphatic rings. The van der Waals surface area contributed by atoms with E-state index < -0.39 is 63.0 Å². The molecule has 0 aromatic carbocycles. The monoisotopic (exact) mass is 623 g/mol. The highest BCUT2D eigenvalue weighted by Crippen LogP contribution is 2.46. The van der Waals surface area contributed by atoms with Gasteiger partial charge in [0.15, 0.2) is 0 Å². The Balaban J connectivity index is 1.57. The number of carbonyl (C=O) groups is 4. The van der Waals surface area contributed by atoms with Gasteiger partial charge in [-0.25, -0.2) is 17.9 Å². The van der Waals surface area contributed by atoms with E-state index in [-0.39, 0.29) is 16.3 Å². The van der Waals surface area contributed by atoms with E-state index in [0.717, 1.165) is 19.0 Å². The lowest BCUT2D eigenvalue weighted by molar-refractivity contribution is -0.141. The van der Waals surface area contributed by atoms with Crippen molar-refractivity contribution < 1.29 is 32.3 Å². The van der Waals surface area contributed by atoms with Crippen LogP contribution in [0.1, 0.15) is 72.1 Å². The molecule has 1 saturated carbocycles. The zero-order valence-corrected chi connectivity index (χ0v) is 25.6. The molecule has 42 heavy (non-hydrogen) atoms. The van der Waals surface area contributed by atoms with Crippen LogP contribution < -0.4 is 15.4 Å². The highest BCUT2D eigenvalue weighted by Gasteiger charge is 2.61. The van der Waals surface area contributed by atoms with Crippen molar-refractivity contribution in [2.45, 2.75) is 100 Å². The molecule has 1 unspecified atom stereocenters. The summed E-state index contributed by atoms with van der Waals surface area (Å²) in [5, 5.41) is 5.37. The predicted octanol–water partition coefficient (Wildman–Crippen LogP) is 2.82. The number of pyridine rings is 1. The summed E-state index contributed by atoms with van der Waals surface area (Å²) < 4.78 is 33.4. The minimum Gasteiger partial charge on any atom is -0.444 e. The summed E-state index contributed by atoms with van der Waals surface area (Å²) in [7, 11) is -4.38. The van der Waals surface area contributed by atoms with Gasteiger partial charge < -0.3 is 20.3 Å². The summed E-state index contributed by atoms with van der Waals surface area (Å²) in [6.07, 6.45) is 9.86. The molecule has 0 bridgehead atoms. The molecule has 2 fully saturated rings. The summed E-state index contributed by atoms with van der Waals surface area (Å²) in [5.41, 5.74) is -2.26. The predicted molar refractivity (Wildman–Crippen MR) is 154 cm³/mol. The average molecular weight is 624 g/mol. The second-order valence-electron chi connectivity index (χ2n) is 12.0. The molecule has 4 amide bonds. The van der Waals surface area contributed by atoms with Gasteiger partial charge in [-0.15, -0.1) is 0 Å². The van der Waals surface area contributed by atoms with Crippen molar-refractivity contribution >= 4 is 45.4 Å². The van der Waals surface area contributed by atoms with Crippen molar-refractivity contribution in [3.8, 4) is 0 Å².